The van der Waals surface area contributed by atoms with Crippen molar-refractivity contribution in [1.29, 1.82) is 5.26 Å². The van der Waals surface area contributed by atoms with Crippen LogP contribution in [0.25, 0.3) is 16.7 Å². The van der Waals surface area contributed by atoms with Crippen molar-refractivity contribution in [2.75, 3.05) is 18.0 Å². The van der Waals surface area contributed by atoms with E-state index in [4.69, 9.17) is 5.26 Å². The van der Waals surface area contributed by atoms with Crippen LogP contribution in [-0.4, -0.2) is 30.2 Å². The van der Waals surface area contributed by atoms with Gasteiger partial charge in [-0.05, 0) is 65.9 Å². The van der Waals surface area contributed by atoms with E-state index in [-0.39, 0.29) is 25.2 Å². The molecule has 0 aliphatic carbocycles. The maximum atomic E-state index is 13.5. The van der Waals surface area contributed by atoms with Crippen LogP contribution in [0, 0.1) is 11.3 Å². The maximum Gasteiger partial charge on any atom is 0.416 e. The minimum absolute atomic E-state index is 0.0225. The standard InChI is InChI=1S/C29H23F6N3O/c1-19-26(25-9-3-2-8-24(25)21-12-10-20(17-36)11-13-21)18-37(15-5-14-28(30,31)32)27(39)38(19)23-7-4-6-22(16-23)29(33,34)35/h2-4,6-13,16H,5,14-15,18H2,1H3. The topological polar surface area (TPSA) is 47.3 Å². The van der Waals surface area contributed by atoms with E-state index in [1.165, 1.54) is 17.0 Å². The van der Waals surface area contributed by atoms with Gasteiger partial charge in [-0.25, -0.2) is 4.79 Å². The summed E-state index contributed by atoms with van der Waals surface area (Å²) < 4.78 is 79.0. The Morgan fingerprint density at radius 2 is 1.56 bits per heavy atom. The van der Waals surface area contributed by atoms with Crippen molar-refractivity contribution < 1.29 is 31.1 Å². The van der Waals surface area contributed by atoms with E-state index >= 15 is 0 Å². The molecule has 202 valence electrons. The molecule has 1 aliphatic heterocycles. The third-order valence-corrected chi connectivity index (χ3v) is 6.48. The third-order valence-electron chi connectivity index (χ3n) is 6.48. The van der Waals surface area contributed by atoms with E-state index in [2.05, 4.69) is 6.07 Å². The van der Waals surface area contributed by atoms with Crippen molar-refractivity contribution in [1.82, 2.24) is 4.90 Å². The number of alkyl halides is 6. The number of rotatable bonds is 6. The number of allylic oxidation sites excluding steroid dienone is 1. The number of carbonyl (C=O) groups is 1. The average Bonchev–Trinajstić information content (AvgIpc) is 2.89. The van der Waals surface area contributed by atoms with Crippen LogP contribution >= 0.6 is 0 Å². The summed E-state index contributed by atoms with van der Waals surface area (Å²) in [5.74, 6) is 0. The largest absolute Gasteiger partial charge is 0.416 e. The fourth-order valence-corrected chi connectivity index (χ4v) is 4.57. The van der Waals surface area contributed by atoms with E-state index in [0.29, 0.717) is 22.4 Å². The molecule has 0 atom stereocenters. The molecule has 3 aromatic carbocycles. The van der Waals surface area contributed by atoms with E-state index in [1.807, 2.05) is 6.07 Å². The van der Waals surface area contributed by atoms with Gasteiger partial charge in [0.05, 0.1) is 22.9 Å². The zero-order valence-electron chi connectivity index (χ0n) is 20.8. The first-order valence-electron chi connectivity index (χ1n) is 12.0. The number of hydrogen-bond donors (Lipinski definition) is 0. The molecular weight excluding hydrogens is 520 g/mol. The summed E-state index contributed by atoms with van der Waals surface area (Å²) in [6.45, 7) is 1.35. The predicted octanol–water partition coefficient (Wildman–Crippen LogP) is 8.26. The number of nitriles is 1. The minimum atomic E-state index is -4.65. The highest BCUT2D eigenvalue weighted by atomic mass is 19.4. The van der Waals surface area contributed by atoms with Crippen LogP contribution in [-0.2, 0) is 6.18 Å². The predicted molar refractivity (Wildman–Crippen MR) is 135 cm³/mol. The van der Waals surface area contributed by atoms with Crippen molar-refractivity contribution in [3.63, 3.8) is 0 Å². The number of benzene rings is 3. The van der Waals surface area contributed by atoms with E-state index in [1.54, 1.807) is 49.4 Å². The molecule has 4 nitrogen and oxygen atoms in total. The molecule has 0 saturated carbocycles. The smallest absolute Gasteiger partial charge is 0.320 e. The van der Waals surface area contributed by atoms with Crippen LogP contribution < -0.4 is 4.90 Å². The normalized spacial score (nSPS) is 14.6. The Labute approximate surface area is 221 Å². The van der Waals surface area contributed by atoms with E-state index in [9.17, 15) is 31.1 Å². The molecule has 0 aromatic heterocycles. The van der Waals surface area contributed by atoms with Gasteiger partial charge < -0.3 is 4.90 Å². The Morgan fingerprint density at radius 1 is 0.897 bits per heavy atom. The second-order valence-corrected chi connectivity index (χ2v) is 9.11. The first-order valence-corrected chi connectivity index (χ1v) is 12.0. The molecule has 2 amide bonds. The third kappa shape index (κ3) is 6.25. The van der Waals surface area contributed by atoms with Gasteiger partial charge in [0.2, 0.25) is 0 Å². The van der Waals surface area contributed by atoms with Crippen molar-refractivity contribution in [3.05, 3.63) is 95.2 Å². The number of anilines is 1. The molecule has 0 fully saturated rings. The number of amides is 2. The molecule has 0 unspecified atom stereocenters. The molecule has 0 radical (unpaired) electrons. The van der Waals surface area contributed by atoms with Gasteiger partial charge in [-0.15, -0.1) is 0 Å². The van der Waals surface area contributed by atoms with Crippen LogP contribution in [0.15, 0.2) is 78.5 Å². The van der Waals surface area contributed by atoms with E-state index < -0.39 is 30.4 Å². The molecule has 0 saturated heterocycles. The highest BCUT2D eigenvalue weighted by Gasteiger charge is 2.36. The molecule has 1 aliphatic rings. The lowest BCUT2D eigenvalue weighted by atomic mass is 9.91. The van der Waals surface area contributed by atoms with Crippen LogP contribution in [0.2, 0.25) is 0 Å². The fraction of sp³-hybridized carbons (Fsp3) is 0.241. The van der Waals surface area contributed by atoms with Gasteiger partial charge in [-0.1, -0.05) is 42.5 Å². The molecule has 0 bridgehead atoms. The number of carbonyl (C=O) groups excluding carboxylic acids is 1. The summed E-state index contributed by atoms with van der Waals surface area (Å²) >= 11 is 0. The Balaban J connectivity index is 1.83. The van der Waals surface area contributed by atoms with Gasteiger partial charge in [0, 0.05) is 25.2 Å². The number of hydrogen-bond acceptors (Lipinski definition) is 2. The molecule has 1 heterocycles. The summed E-state index contributed by atoms with van der Waals surface area (Å²) in [7, 11) is 0. The minimum Gasteiger partial charge on any atom is -0.320 e. The first kappa shape index (κ1) is 27.8. The number of urea groups is 1. The Hall–Kier alpha value is -4.26. The highest BCUT2D eigenvalue weighted by molar-refractivity contribution is 6.02. The summed E-state index contributed by atoms with van der Waals surface area (Å²) in [6, 6.07) is 19.6. The summed E-state index contributed by atoms with van der Waals surface area (Å²) in [4.78, 5) is 15.8. The van der Waals surface area contributed by atoms with Crippen LogP contribution in [0.5, 0.6) is 0 Å². The lowest BCUT2D eigenvalue weighted by molar-refractivity contribution is -0.137. The summed E-state index contributed by atoms with van der Waals surface area (Å²) in [5.41, 5.74) is 2.59. The van der Waals surface area contributed by atoms with Crippen molar-refractivity contribution in [2.45, 2.75) is 32.1 Å². The zero-order chi connectivity index (χ0) is 28.4. The monoisotopic (exact) mass is 543 g/mol. The zero-order valence-corrected chi connectivity index (χ0v) is 20.8. The molecule has 3 aromatic rings. The molecular formula is C29H23F6N3O. The fourth-order valence-electron chi connectivity index (χ4n) is 4.57. The SMILES string of the molecule is CC1=C(c2ccccc2-c2ccc(C#N)cc2)CN(CCCC(F)(F)F)C(=O)N1c1cccc(C(F)(F)F)c1. The second kappa shape index (κ2) is 10.8. The molecule has 4 rings (SSSR count). The highest BCUT2D eigenvalue weighted by Crippen LogP contribution is 2.39. The molecule has 10 heteroatoms. The van der Waals surface area contributed by atoms with Crippen LogP contribution in [0.1, 0.15) is 36.5 Å². The Morgan fingerprint density at radius 3 is 2.18 bits per heavy atom. The van der Waals surface area contributed by atoms with Crippen LogP contribution in [0.4, 0.5) is 36.8 Å². The lowest BCUT2D eigenvalue weighted by Gasteiger charge is -2.38. The second-order valence-electron chi connectivity index (χ2n) is 9.11. The van der Waals surface area contributed by atoms with Gasteiger partial charge in [0.25, 0.3) is 0 Å². The van der Waals surface area contributed by atoms with Crippen molar-refractivity contribution in [3.8, 4) is 17.2 Å². The van der Waals surface area contributed by atoms with Gasteiger partial charge in [-0.3, -0.25) is 4.90 Å². The lowest BCUT2D eigenvalue weighted by Crippen LogP contribution is -2.48. The van der Waals surface area contributed by atoms with Crippen molar-refractivity contribution in [2.24, 2.45) is 0 Å². The number of nitrogens with zero attached hydrogens (tertiary/aromatic N) is 3. The maximum absolute atomic E-state index is 13.5. The Kier molecular flexibility index (Phi) is 7.72. The summed E-state index contributed by atoms with van der Waals surface area (Å²) in [6.07, 6.45) is -10.5. The van der Waals surface area contributed by atoms with Gasteiger partial charge in [0.15, 0.2) is 0 Å². The van der Waals surface area contributed by atoms with Gasteiger partial charge in [-0.2, -0.15) is 31.6 Å². The van der Waals surface area contributed by atoms with E-state index in [0.717, 1.165) is 28.2 Å². The first-order chi connectivity index (χ1) is 18.4. The Bertz CT molecular complexity index is 1430. The molecule has 39 heavy (non-hydrogen) atoms. The molecule has 0 N–H and O–H groups in total. The average molecular weight is 544 g/mol. The summed E-state index contributed by atoms with van der Waals surface area (Å²) in [5, 5.41) is 9.13. The van der Waals surface area contributed by atoms with Crippen molar-refractivity contribution >= 4 is 17.3 Å². The quantitative estimate of drug-likeness (QED) is 0.294. The van der Waals surface area contributed by atoms with Gasteiger partial charge >= 0.3 is 18.4 Å². The van der Waals surface area contributed by atoms with Crippen LogP contribution in [0.3, 0.4) is 0 Å². The van der Waals surface area contributed by atoms with Gasteiger partial charge in [0.1, 0.15) is 0 Å². The number of halogens is 6. The molecule has 0 spiro atoms.